The third-order valence-electron chi connectivity index (χ3n) is 4.91. The van der Waals surface area contributed by atoms with Crippen molar-refractivity contribution in [2.24, 2.45) is 0 Å². The van der Waals surface area contributed by atoms with Gasteiger partial charge < -0.3 is 24.1 Å². The van der Waals surface area contributed by atoms with E-state index in [0.717, 1.165) is 16.3 Å². The van der Waals surface area contributed by atoms with Crippen molar-refractivity contribution in [3.8, 4) is 5.75 Å². The summed E-state index contributed by atoms with van der Waals surface area (Å²) < 4.78 is 24.1. The van der Waals surface area contributed by atoms with E-state index in [-0.39, 0.29) is 11.7 Å². The summed E-state index contributed by atoms with van der Waals surface area (Å²) in [6.07, 6.45) is -2.28. The Hall–Kier alpha value is -1.66. The molecule has 1 aliphatic heterocycles. The maximum atomic E-state index is 11.2. The van der Waals surface area contributed by atoms with Gasteiger partial charge in [-0.3, -0.25) is 0 Å². The minimum Gasteiger partial charge on any atom is -0.496 e. The fraction of sp³-hybridized carbons (Fsp3) is 0.583. The molecule has 1 heterocycles. The Balaban J connectivity index is 1.95. The van der Waals surface area contributed by atoms with Crippen LogP contribution in [-0.2, 0) is 14.2 Å². The van der Waals surface area contributed by atoms with Crippen LogP contribution in [0.15, 0.2) is 36.4 Å². The average molecular weight is 403 g/mol. The molecule has 1 aliphatic rings. The summed E-state index contributed by atoms with van der Waals surface area (Å²) in [6.45, 7) is 12.3. The van der Waals surface area contributed by atoms with Crippen molar-refractivity contribution in [2.45, 2.75) is 77.2 Å². The Bertz CT molecular complexity index is 833. The highest BCUT2D eigenvalue weighted by Crippen LogP contribution is 2.42. The summed E-state index contributed by atoms with van der Waals surface area (Å²) in [5.41, 5.74) is 0.0934. The third-order valence-corrected chi connectivity index (χ3v) is 4.91. The van der Waals surface area contributed by atoms with Gasteiger partial charge in [0.2, 0.25) is 0 Å². The van der Waals surface area contributed by atoms with Gasteiger partial charge in [0.25, 0.3) is 0 Å². The van der Waals surface area contributed by atoms with Gasteiger partial charge in [0.05, 0.1) is 24.9 Å². The Morgan fingerprint density at radius 3 is 2.14 bits per heavy atom. The van der Waals surface area contributed by atoms with Gasteiger partial charge in [-0.15, -0.1) is 0 Å². The first kappa shape index (κ1) is 22.0. The van der Waals surface area contributed by atoms with Crippen LogP contribution in [0.2, 0.25) is 0 Å². The molecule has 29 heavy (non-hydrogen) atoms. The summed E-state index contributed by atoms with van der Waals surface area (Å²) in [6, 6.07) is 12.1. The molecule has 0 aromatic heterocycles. The molecule has 3 rings (SSSR count). The summed E-state index contributed by atoms with van der Waals surface area (Å²) in [4.78, 5) is 0. The molecule has 0 bridgehead atoms. The topological polar surface area (TPSA) is 57.2 Å². The molecule has 0 aliphatic carbocycles. The Kier molecular flexibility index (Phi) is 6.25. The highest BCUT2D eigenvalue weighted by Gasteiger charge is 2.48. The van der Waals surface area contributed by atoms with Gasteiger partial charge in [-0.1, -0.05) is 24.3 Å². The first-order valence-electron chi connectivity index (χ1n) is 10.2. The fourth-order valence-corrected chi connectivity index (χ4v) is 3.65. The van der Waals surface area contributed by atoms with Crippen molar-refractivity contribution in [1.29, 1.82) is 0 Å². The molecule has 160 valence electrons. The van der Waals surface area contributed by atoms with Crippen molar-refractivity contribution in [3.05, 3.63) is 42.0 Å². The van der Waals surface area contributed by atoms with Crippen LogP contribution in [0.25, 0.3) is 10.8 Å². The number of benzene rings is 2. The number of aliphatic hydroxyl groups excluding tert-OH is 1. The monoisotopic (exact) mass is 402 g/mol. The predicted molar refractivity (Wildman–Crippen MR) is 114 cm³/mol. The second-order valence-electron chi connectivity index (χ2n) is 9.65. The average Bonchev–Trinajstić information content (AvgIpc) is 2.92. The standard InChI is InChI=1S/C24H34O5/c1-23(2,3)27-14-19-22(29-24(4,5)6)20(25)21(28-19)17-12-15-10-8-9-11-16(15)13-18(17)26-7/h8-13,19-22,25H,14H2,1-7H3/t19-,20?,21+,22+/m0/s1. The molecule has 1 unspecified atom stereocenters. The Labute approximate surface area is 173 Å². The van der Waals surface area contributed by atoms with Gasteiger partial charge in [-0.2, -0.15) is 0 Å². The number of hydrogen-bond donors (Lipinski definition) is 1. The summed E-state index contributed by atoms with van der Waals surface area (Å²) in [5.74, 6) is 0.694. The van der Waals surface area contributed by atoms with Crippen LogP contribution in [0.3, 0.4) is 0 Å². The molecule has 0 saturated carbocycles. The van der Waals surface area contributed by atoms with E-state index >= 15 is 0 Å². The lowest BCUT2D eigenvalue weighted by atomic mass is 9.97. The number of ether oxygens (including phenoxy) is 4. The smallest absolute Gasteiger partial charge is 0.125 e. The van der Waals surface area contributed by atoms with Crippen molar-refractivity contribution < 1.29 is 24.1 Å². The summed E-state index contributed by atoms with van der Waals surface area (Å²) in [5, 5.41) is 13.3. The molecule has 0 spiro atoms. The van der Waals surface area contributed by atoms with Crippen molar-refractivity contribution in [2.75, 3.05) is 13.7 Å². The molecular formula is C24H34O5. The van der Waals surface area contributed by atoms with E-state index < -0.39 is 23.9 Å². The van der Waals surface area contributed by atoms with E-state index in [1.54, 1.807) is 7.11 Å². The minimum atomic E-state index is -0.835. The number of aliphatic hydroxyl groups is 1. The zero-order valence-electron chi connectivity index (χ0n) is 18.6. The second-order valence-corrected chi connectivity index (χ2v) is 9.65. The lowest BCUT2D eigenvalue weighted by molar-refractivity contribution is -0.137. The second kappa shape index (κ2) is 8.23. The van der Waals surface area contributed by atoms with Crippen LogP contribution >= 0.6 is 0 Å². The molecule has 2 aromatic rings. The van der Waals surface area contributed by atoms with E-state index in [2.05, 4.69) is 0 Å². The summed E-state index contributed by atoms with van der Waals surface area (Å²) in [7, 11) is 1.64. The van der Waals surface area contributed by atoms with Gasteiger partial charge in [-0.25, -0.2) is 0 Å². The quantitative estimate of drug-likeness (QED) is 0.789. The third kappa shape index (κ3) is 5.28. The van der Waals surface area contributed by atoms with E-state index in [1.165, 1.54) is 0 Å². The fourth-order valence-electron chi connectivity index (χ4n) is 3.65. The molecule has 1 N–H and O–H groups in total. The lowest BCUT2D eigenvalue weighted by Crippen LogP contribution is -2.42. The molecular weight excluding hydrogens is 368 g/mol. The molecule has 1 saturated heterocycles. The molecule has 0 amide bonds. The van der Waals surface area contributed by atoms with Crippen LogP contribution in [0.1, 0.15) is 53.2 Å². The Morgan fingerprint density at radius 1 is 0.966 bits per heavy atom. The van der Waals surface area contributed by atoms with Gasteiger partial charge in [0.1, 0.15) is 30.2 Å². The molecule has 1 fully saturated rings. The number of rotatable bonds is 5. The van der Waals surface area contributed by atoms with Crippen LogP contribution in [0, 0.1) is 0 Å². The van der Waals surface area contributed by atoms with Crippen LogP contribution in [-0.4, -0.2) is 48.3 Å². The Morgan fingerprint density at radius 2 is 1.59 bits per heavy atom. The van der Waals surface area contributed by atoms with Gasteiger partial charge in [0, 0.05) is 5.56 Å². The zero-order valence-corrected chi connectivity index (χ0v) is 18.6. The number of methoxy groups -OCH3 is 1. The molecule has 2 aromatic carbocycles. The predicted octanol–water partition coefficient (Wildman–Crippen LogP) is 4.65. The van der Waals surface area contributed by atoms with Gasteiger partial charge >= 0.3 is 0 Å². The van der Waals surface area contributed by atoms with Crippen LogP contribution in [0.4, 0.5) is 0 Å². The number of fused-ring (bicyclic) bond motifs is 1. The normalized spacial score (nSPS) is 25.5. The largest absolute Gasteiger partial charge is 0.496 e. The van der Waals surface area contributed by atoms with Crippen molar-refractivity contribution in [3.63, 3.8) is 0 Å². The van der Waals surface area contributed by atoms with E-state index in [1.807, 2.05) is 77.9 Å². The van der Waals surface area contributed by atoms with E-state index in [9.17, 15) is 5.11 Å². The molecule has 0 radical (unpaired) electrons. The molecule has 5 nitrogen and oxygen atoms in total. The van der Waals surface area contributed by atoms with Crippen molar-refractivity contribution >= 4 is 10.8 Å². The van der Waals surface area contributed by atoms with Gasteiger partial charge in [0.15, 0.2) is 0 Å². The highest BCUT2D eigenvalue weighted by atomic mass is 16.6. The van der Waals surface area contributed by atoms with E-state index in [4.69, 9.17) is 18.9 Å². The summed E-state index contributed by atoms with van der Waals surface area (Å²) >= 11 is 0. The maximum Gasteiger partial charge on any atom is 0.125 e. The zero-order chi connectivity index (χ0) is 21.4. The van der Waals surface area contributed by atoms with Crippen LogP contribution < -0.4 is 4.74 Å². The SMILES string of the molecule is COc1cc2ccccc2cc1[C@H]1O[C@@H](COC(C)(C)C)[C@@H](OC(C)(C)C)C1O. The van der Waals surface area contributed by atoms with Crippen LogP contribution in [0.5, 0.6) is 5.75 Å². The lowest BCUT2D eigenvalue weighted by Gasteiger charge is -2.30. The van der Waals surface area contributed by atoms with E-state index in [0.29, 0.717) is 12.4 Å². The number of hydrogen-bond acceptors (Lipinski definition) is 5. The molecule has 5 heteroatoms. The molecule has 4 atom stereocenters. The first-order valence-corrected chi connectivity index (χ1v) is 10.2. The first-order chi connectivity index (χ1) is 13.5. The highest BCUT2D eigenvalue weighted by molar-refractivity contribution is 5.85. The maximum absolute atomic E-state index is 11.2. The minimum absolute atomic E-state index is 0.306. The van der Waals surface area contributed by atoms with Crippen molar-refractivity contribution in [1.82, 2.24) is 0 Å². The van der Waals surface area contributed by atoms with Gasteiger partial charge in [-0.05, 0) is 64.4 Å².